The van der Waals surface area contributed by atoms with Crippen molar-refractivity contribution in [3.63, 3.8) is 0 Å². The van der Waals surface area contributed by atoms with Crippen LogP contribution in [0, 0.1) is 11.3 Å². The monoisotopic (exact) mass is 319 g/mol. The minimum atomic E-state index is 0.0501. The van der Waals surface area contributed by atoms with E-state index < -0.39 is 0 Å². The number of piperazine rings is 1. The van der Waals surface area contributed by atoms with Gasteiger partial charge in [0.1, 0.15) is 0 Å². The van der Waals surface area contributed by atoms with Crippen LogP contribution in [0.15, 0.2) is 48.5 Å². The summed E-state index contributed by atoms with van der Waals surface area (Å²) in [5.41, 5.74) is 2.91. The molecule has 0 unspecified atom stereocenters. The van der Waals surface area contributed by atoms with Gasteiger partial charge >= 0.3 is 0 Å². The highest BCUT2D eigenvalue weighted by atomic mass is 16.2. The van der Waals surface area contributed by atoms with Gasteiger partial charge in [-0.05, 0) is 24.2 Å². The number of nitrogens with zero attached hydrogens (tertiary/aromatic N) is 3. The summed E-state index contributed by atoms with van der Waals surface area (Å²) in [5.74, 6) is 0.0501. The average Bonchev–Trinajstić information content (AvgIpc) is 2.67. The zero-order chi connectivity index (χ0) is 16.9. The molecule has 0 aromatic heterocycles. The van der Waals surface area contributed by atoms with Gasteiger partial charge in [-0.3, -0.25) is 4.79 Å². The van der Waals surface area contributed by atoms with E-state index in [2.05, 4.69) is 17.9 Å². The Kier molecular flexibility index (Phi) is 4.93. The van der Waals surface area contributed by atoms with E-state index in [1.807, 2.05) is 47.4 Å². The Bertz CT molecular complexity index is 770. The van der Waals surface area contributed by atoms with Gasteiger partial charge in [-0.1, -0.05) is 43.3 Å². The van der Waals surface area contributed by atoms with E-state index in [0.29, 0.717) is 11.1 Å². The number of benzene rings is 2. The van der Waals surface area contributed by atoms with Gasteiger partial charge in [-0.2, -0.15) is 5.26 Å². The number of likely N-dealkylation sites (N-methyl/N-ethyl adjacent to an activating group) is 1. The van der Waals surface area contributed by atoms with Crippen molar-refractivity contribution >= 4 is 5.91 Å². The second-order valence-electron chi connectivity index (χ2n) is 5.93. The lowest BCUT2D eigenvalue weighted by molar-refractivity contribution is 0.0644. The minimum Gasteiger partial charge on any atom is -0.336 e. The summed E-state index contributed by atoms with van der Waals surface area (Å²) in [6.45, 7) is 6.50. The first-order valence-electron chi connectivity index (χ1n) is 8.34. The number of carbonyl (C=O) groups excluding carboxylic acids is 1. The zero-order valence-electron chi connectivity index (χ0n) is 13.9. The predicted octanol–water partition coefficient (Wildman–Crippen LogP) is 3.00. The van der Waals surface area contributed by atoms with Gasteiger partial charge in [0.05, 0.1) is 11.6 Å². The molecule has 122 valence electrons. The summed E-state index contributed by atoms with van der Waals surface area (Å²) in [6, 6.07) is 17.2. The van der Waals surface area contributed by atoms with Crippen LogP contribution in [0.25, 0.3) is 11.1 Å². The minimum absolute atomic E-state index is 0.0501. The van der Waals surface area contributed by atoms with Crippen LogP contribution in [-0.4, -0.2) is 48.4 Å². The van der Waals surface area contributed by atoms with E-state index in [0.717, 1.165) is 43.9 Å². The van der Waals surface area contributed by atoms with Gasteiger partial charge in [0.2, 0.25) is 0 Å². The molecule has 1 aliphatic rings. The summed E-state index contributed by atoms with van der Waals surface area (Å²) >= 11 is 0. The van der Waals surface area contributed by atoms with Crippen molar-refractivity contribution in [1.29, 1.82) is 5.26 Å². The summed E-state index contributed by atoms with van der Waals surface area (Å²) in [5, 5.41) is 9.36. The first kappa shape index (κ1) is 16.2. The molecule has 1 aliphatic heterocycles. The highest BCUT2D eigenvalue weighted by Gasteiger charge is 2.23. The smallest absolute Gasteiger partial charge is 0.254 e. The van der Waals surface area contributed by atoms with Gasteiger partial charge in [0, 0.05) is 37.3 Å². The van der Waals surface area contributed by atoms with E-state index in [1.165, 1.54) is 0 Å². The molecule has 2 aromatic carbocycles. The molecule has 1 fully saturated rings. The maximum Gasteiger partial charge on any atom is 0.254 e. The Morgan fingerprint density at radius 2 is 1.62 bits per heavy atom. The van der Waals surface area contributed by atoms with Crippen molar-refractivity contribution < 1.29 is 4.79 Å². The second kappa shape index (κ2) is 7.29. The van der Waals surface area contributed by atoms with Crippen LogP contribution in [0.5, 0.6) is 0 Å². The molecule has 1 amide bonds. The quantitative estimate of drug-likeness (QED) is 0.874. The number of rotatable bonds is 3. The first-order chi connectivity index (χ1) is 11.7. The number of hydrogen-bond acceptors (Lipinski definition) is 3. The van der Waals surface area contributed by atoms with E-state index >= 15 is 0 Å². The third-order valence-corrected chi connectivity index (χ3v) is 4.60. The number of carbonyl (C=O) groups is 1. The van der Waals surface area contributed by atoms with Gasteiger partial charge in [-0.25, -0.2) is 0 Å². The molecule has 0 saturated carbocycles. The molecule has 1 saturated heterocycles. The van der Waals surface area contributed by atoms with Gasteiger partial charge in [0.25, 0.3) is 5.91 Å². The largest absolute Gasteiger partial charge is 0.336 e. The predicted molar refractivity (Wildman–Crippen MR) is 94.6 cm³/mol. The maximum absolute atomic E-state index is 13.0. The molecule has 24 heavy (non-hydrogen) atoms. The van der Waals surface area contributed by atoms with Crippen molar-refractivity contribution in [2.45, 2.75) is 6.92 Å². The number of nitriles is 1. The lowest BCUT2D eigenvalue weighted by Crippen LogP contribution is -2.48. The van der Waals surface area contributed by atoms with Crippen LogP contribution in [0.2, 0.25) is 0 Å². The Balaban J connectivity index is 1.93. The summed E-state index contributed by atoms with van der Waals surface area (Å²) in [4.78, 5) is 17.3. The Morgan fingerprint density at radius 3 is 2.29 bits per heavy atom. The summed E-state index contributed by atoms with van der Waals surface area (Å²) in [7, 11) is 0. The molecule has 3 rings (SSSR count). The van der Waals surface area contributed by atoms with Gasteiger partial charge in [0.15, 0.2) is 0 Å². The Hall–Kier alpha value is -2.64. The fraction of sp³-hybridized carbons (Fsp3) is 0.300. The lowest BCUT2D eigenvalue weighted by atomic mass is 9.95. The standard InChI is InChI=1S/C20H21N3O/c1-2-22-11-13-23(14-12-22)20(24)19-10-6-5-9-18(19)17-8-4-3-7-16(17)15-21/h3-10H,2,11-14H2,1H3. The topological polar surface area (TPSA) is 47.3 Å². The molecular weight excluding hydrogens is 298 g/mol. The van der Waals surface area contributed by atoms with E-state index in [4.69, 9.17) is 0 Å². The number of amides is 1. The molecule has 4 heteroatoms. The third kappa shape index (κ3) is 3.17. The molecule has 0 aliphatic carbocycles. The maximum atomic E-state index is 13.0. The van der Waals surface area contributed by atoms with Gasteiger partial charge in [-0.15, -0.1) is 0 Å². The number of hydrogen-bond donors (Lipinski definition) is 0. The molecule has 0 atom stereocenters. The molecule has 0 bridgehead atoms. The molecular formula is C20H21N3O. The van der Waals surface area contributed by atoms with Crippen molar-refractivity contribution in [2.24, 2.45) is 0 Å². The zero-order valence-corrected chi connectivity index (χ0v) is 13.9. The van der Waals surface area contributed by atoms with Crippen LogP contribution < -0.4 is 0 Å². The normalized spacial score (nSPS) is 15.1. The van der Waals surface area contributed by atoms with Crippen LogP contribution in [0.3, 0.4) is 0 Å². The fourth-order valence-corrected chi connectivity index (χ4v) is 3.16. The average molecular weight is 319 g/mol. The van der Waals surface area contributed by atoms with Crippen LogP contribution in [-0.2, 0) is 0 Å². The Morgan fingerprint density at radius 1 is 1.00 bits per heavy atom. The second-order valence-corrected chi connectivity index (χ2v) is 5.93. The molecule has 0 N–H and O–H groups in total. The Labute approximate surface area is 142 Å². The lowest BCUT2D eigenvalue weighted by Gasteiger charge is -2.34. The highest BCUT2D eigenvalue weighted by molar-refractivity contribution is 6.01. The fourth-order valence-electron chi connectivity index (χ4n) is 3.16. The van der Waals surface area contributed by atoms with Crippen LogP contribution in [0.4, 0.5) is 0 Å². The molecule has 0 spiro atoms. The molecule has 1 heterocycles. The summed E-state index contributed by atoms with van der Waals surface area (Å²) in [6.07, 6.45) is 0. The van der Waals surface area contributed by atoms with Crippen molar-refractivity contribution in [2.75, 3.05) is 32.7 Å². The molecule has 0 radical (unpaired) electrons. The van der Waals surface area contributed by atoms with Crippen LogP contribution >= 0.6 is 0 Å². The van der Waals surface area contributed by atoms with Crippen molar-refractivity contribution in [3.05, 3.63) is 59.7 Å². The molecule has 4 nitrogen and oxygen atoms in total. The SMILES string of the molecule is CCN1CCN(C(=O)c2ccccc2-c2ccccc2C#N)CC1. The first-order valence-corrected chi connectivity index (χ1v) is 8.34. The van der Waals surface area contributed by atoms with E-state index in [9.17, 15) is 10.1 Å². The molecule has 2 aromatic rings. The van der Waals surface area contributed by atoms with E-state index in [-0.39, 0.29) is 5.91 Å². The van der Waals surface area contributed by atoms with Crippen LogP contribution in [0.1, 0.15) is 22.8 Å². The summed E-state index contributed by atoms with van der Waals surface area (Å²) < 4.78 is 0. The van der Waals surface area contributed by atoms with Gasteiger partial charge < -0.3 is 9.80 Å². The van der Waals surface area contributed by atoms with Crippen molar-refractivity contribution in [3.8, 4) is 17.2 Å². The highest BCUT2D eigenvalue weighted by Crippen LogP contribution is 2.28. The van der Waals surface area contributed by atoms with E-state index in [1.54, 1.807) is 6.07 Å². The van der Waals surface area contributed by atoms with Crippen molar-refractivity contribution in [1.82, 2.24) is 9.80 Å². The third-order valence-electron chi connectivity index (χ3n) is 4.60.